The van der Waals surface area contributed by atoms with Crippen molar-refractivity contribution in [1.29, 1.82) is 0 Å². The second kappa shape index (κ2) is 7.00. The number of hydrogen-bond donors (Lipinski definition) is 2. The molecule has 2 heterocycles. The summed E-state index contributed by atoms with van der Waals surface area (Å²) in [4.78, 5) is 17.0. The average molecular weight is 346 g/mol. The van der Waals surface area contributed by atoms with Gasteiger partial charge in [-0.2, -0.15) is 0 Å². The number of ketones is 1. The van der Waals surface area contributed by atoms with Gasteiger partial charge in [-0.15, -0.1) is 0 Å². The van der Waals surface area contributed by atoms with E-state index in [1.807, 2.05) is 48.7 Å². The van der Waals surface area contributed by atoms with Crippen LogP contribution in [-0.2, 0) is 22.5 Å². The highest BCUT2D eigenvalue weighted by Gasteiger charge is 2.29. The third kappa shape index (κ3) is 3.14. The maximum atomic E-state index is 12.9. The van der Waals surface area contributed by atoms with Crippen molar-refractivity contribution >= 4 is 29.1 Å². The van der Waals surface area contributed by atoms with Crippen LogP contribution in [0, 0.1) is 0 Å². The van der Waals surface area contributed by atoms with E-state index in [2.05, 4.69) is 4.98 Å². The monoisotopic (exact) mass is 346 g/mol. The molecule has 5 nitrogen and oxygen atoms in total. The molecule has 0 aliphatic carbocycles. The van der Waals surface area contributed by atoms with Gasteiger partial charge in [0.15, 0.2) is 0 Å². The van der Waals surface area contributed by atoms with E-state index in [4.69, 9.17) is 10.4 Å². The third-order valence-electron chi connectivity index (χ3n) is 4.94. The van der Waals surface area contributed by atoms with Crippen LogP contribution in [-0.4, -0.2) is 29.5 Å². The van der Waals surface area contributed by atoms with E-state index >= 15 is 0 Å². The number of carbonyl (C=O) groups excluding carboxylic acids is 1. The molecule has 1 unspecified atom stereocenters. The molecule has 0 bridgehead atoms. The van der Waals surface area contributed by atoms with Crippen LogP contribution in [0.15, 0.2) is 54.9 Å². The molecule has 4 rings (SSSR count). The second-order valence-electron chi connectivity index (χ2n) is 6.61. The fourth-order valence-electron chi connectivity index (χ4n) is 3.47. The normalized spacial score (nSPS) is 14.5. The number of fused-ring (bicyclic) bond motifs is 2. The third-order valence-corrected chi connectivity index (χ3v) is 4.94. The summed E-state index contributed by atoms with van der Waals surface area (Å²) >= 11 is 0. The highest BCUT2D eigenvalue weighted by molar-refractivity contribution is 6.61. The lowest BCUT2D eigenvalue weighted by Crippen LogP contribution is -2.30. The van der Waals surface area contributed by atoms with Gasteiger partial charge >= 0.3 is 7.12 Å². The zero-order valence-electron chi connectivity index (χ0n) is 14.3. The fraction of sp³-hybridized carbons (Fsp3) is 0.200. The first kappa shape index (κ1) is 16.9. The van der Waals surface area contributed by atoms with Gasteiger partial charge in [0, 0.05) is 30.7 Å². The highest BCUT2D eigenvalue weighted by Crippen LogP contribution is 2.22. The second-order valence-corrected chi connectivity index (χ2v) is 6.61. The Morgan fingerprint density at radius 1 is 1.23 bits per heavy atom. The first-order chi connectivity index (χ1) is 12.7. The zero-order chi connectivity index (χ0) is 18.1. The minimum absolute atomic E-state index is 0.0641. The molecule has 2 aromatic carbocycles. The van der Waals surface area contributed by atoms with Gasteiger partial charge in [-0.3, -0.25) is 9.78 Å². The van der Waals surface area contributed by atoms with Crippen molar-refractivity contribution in [3.63, 3.8) is 0 Å². The zero-order valence-corrected chi connectivity index (χ0v) is 14.3. The number of carbonyl (C=O) groups is 1. The van der Waals surface area contributed by atoms with E-state index in [9.17, 15) is 9.82 Å². The SMILES string of the molecule is NCC(C(=O)Cc1ccc2cnccc2c1)c1ccc2c(c1)B(O)OC2. The molecular weight excluding hydrogens is 327 g/mol. The predicted octanol–water partition coefficient (Wildman–Crippen LogP) is 1.31. The molecule has 3 aromatic rings. The fourth-order valence-corrected chi connectivity index (χ4v) is 3.47. The summed E-state index contributed by atoms with van der Waals surface area (Å²) in [5.74, 6) is -0.338. The number of rotatable bonds is 5. The molecule has 1 aromatic heterocycles. The Hall–Kier alpha value is -2.54. The minimum atomic E-state index is -0.924. The van der Waals surface area contributed by atoms with Crippen LogP contribution >= 0.6 is 0 Å². The number of hydrogen-bond acceptors (Lipinski definition) is 5. The molecule has 1 aliphatic rings. The van der Waals surface area contributed by atoms with E-state index in [1.165, 1.54) is 0 Å². The molecule has 0 saturated carbocycles. The van der Waals surface area contributed by atoms with Crippen molar-refractivity contribution in [2.45, 2.75) is 18.9 Å². The summed E-state index contributed by atoms with van der Waals surface area (Å²) < 4.78 is 5.22. The first-order valence-electron chi connectivity index (χ1n) is 8.63. The molecule has 0 amide bonds. The largest absolute Gasteiger partial charge is 0.491 e. The Morgan fingerprint density at radius 3 is 2.96 bits per heavy atom. The van der Waals surface area contributed by atoms with Crippen LogP contribution in [0.1, 0.15) is 22.6 Å². The van der Waals surface area contributed by atoms with Gasteiger partial charge in [0.2, 0.25) is 0 Å². The molecule has 130 valence electrons. The molecule has 3 N–H and O–H groups in total. The average Bonchev–Trinajstić information content (AvgIpc) is 3.03. The number of nitrogens with two attached hydrogens (primary N) is 1. The van der Waals surface area contributed by atoms with Gasteiger partial charge in [-0.05, 0) is 33.6 Å². The number of nitrogens with zero attached hydrogens (tertiary/aromatic N) is 1. The van der Waals surface area contributed by atoms with Crippen molar-refractivity contribution in [3.8, 4) is 0 Å². The van der Waals surface area contributed by atoms with E-state index < -0.39 is 13.0 Å². The predicted molar refractivity (Wildman–Crippen MR) is 101 cm³/mol. The van der Waals surface area contributed by atoms with E-state index in [0.29, 0.717) is 13.0 Å². The summed E-state index contributed by atoms with van der Waals surface area (Å²) in [6.45, 7) is 0.621. The maximum absolute atomic E-state index is 12.9. The number of benzene rings is 2. The van der Waals surface area contributed by atoms with Gasteiger partial charge in [0.25, 0.3) is 0 Å². The van der Waals surface area contributed by atoms with Gasteiger partial charge in [0.1, 0.15) is 5.78 Å². The summed E-state index contributed by atoms with van der Waals surface area (Å²) in [5, 5.41) is 12.0. The summed E-state index contributed by atoms with van der Waals surface area (Å²) in [6.07, 6.45) is 3.87. The number of aromatic nitrogens is 1. The Labute approximate surface area is 152 Å². The molecule has 0 fully saturated rings. The molecule has 26 heavy (non-hydrogen) atoms. The van der Waals surface area contributed by atoms with E-state index in [1.54, 1.807) is 6.20 Å². The van der Waals surface area contributed by atoms with Crippen molar-refractivity contribution in [3.05, 3.63) is 71.5 Å². The van der Waals surface area contributed by atoms with E-state index in [0.717, 1.165) is 32.9 Å². The van der Waals surface area contributed by atoms with Crippen LogP contribution in [0.25, 0.3) is 10.8 Å². The molecule has 0 radical (unpaired) electrons. The molecule has 6 heteroatoms. The lowest BCUT2D eigenvalue weighted by molar-refractivity contribution is -0.119. The van der Waals surface area contributed by atoms with Crippen molar-refractivity contribution < 1.29 is 14.5 Å². The first-order valence-corrected chi connectivity index (χ1v) is 8.63. The van der Waals surface area contributed by atoms with Crippen LogP contribution in [0.2, 0.25) is 0 Å². The van der Waals surface area contributed by atoms with Crippen LogP contribution in [0.3, 0.4) is 0 Å². The van der Waals surface area contributed by atoms with Gasteiger partial charge < -0.3 is 15.4 Å². The quantitative estimate of drug-likeness (QED) is 0.681. The smallest absolute Gasteiger partial charge is 0.423 e. The van der Waals surface area contributed by atoms with Crippen LogP contribution in [0.5, 0.6) is 0 Å². The maximum Gasteiger partial charge on any atom is 0.491 e. The standard InChI is InChI=1S/C20H19BN2O3/c22-10-18(15-3-4-17-12-26-21(25)19(17)9-15)20(24)8-13-1-2-16-11-23-6-5-14(16)7-13/h1-7,9,11,18,25H,8,10,12,22H2. The van der Waals surface area contributed by atoms with Crippen LogP contribution < -0.4 is 11.2 Å². The molecule has 1 atom stereocenters. The van der Waals surface area contributed by atoms with E-state index in [-0.39, 0.29) is 12.3 Å². The minimum Gasteiger partial charge on any atom is -0.423 e. The van der Waals surface area contributed by atoms with Crippen molar-refractivity contribution in [2.24, 2.45) is 5.73 Å². The lowest BCUT2D eigenvalue weighted by Gasteiger charge is -2.16. The van der Waals surface area contributed by atoms with Gasteiger partial charge in [-0.1, -0.05) is 36.4 Å². The summed E-state index contributed by atoms with van der Waals surface area (Å²) in [5.41, 5.74) is 9.37. The van der Waals surface area contributed by atoms with Gasteiger partial charge in [-0.25, -0.2) is 0 Å². The lowest BCUT2D eigenvalue weighted by atomic mass is 9.77. The number of Topliss-reactive ketones (excluding diaryl/α,β-unsaturated/α-hetero) is 1. The Bertz CT molecular complexity index is 976. The molecule has 0 saturated heterocycles. The molecular formula is C20H19BN2O3. The highest BCUT2D eigenvalue weighted by atomic mass is 16.5. The van der Waals surface area contributed by atoms with Gasteiger partial charge in [0.05, 0.1) is 12.5 Å². The molecule has 1 aliphatic heterocycles. The van der Waals surface area contributed by atoms with Crippen molar-refractivity contribution in [1.82, 2.24) is 4.98 Å². The molecule has 0 spiro atoms. The Morgan fingerprint density at radius 2 is 2.12 bits per heavy atom. The summed E-state index contributed by atoms with van der Waals surface area (Å²) in [7, 11) is -0.924. The number of pyridine rings is 1. The Balaban J connectivity index is 1.58. The van der Waals surface area contributed by atoms with Crippen LogP contribution in [0.4, 0.5) is 0 Å². The van der Waals surface area contributed by atoms with Crippen molar-refractivity contribution in [2.75, 3.05) is 6.54 Å². The topological polar surface area (TPSA) is 85.4 Å². The Kier molecular flexibility index (Phi) is 4.55. The summed E-state index contributed by atoms with van der Waals surface area (Å²) in [6, 6.07) is 13.5.